The highest BCUT2D eigenvalue weighted by Crippen LogP contribution is 2.28. The number of benzene rings is 1. The van der Waals surface area contributed by atoms with Crippen LogP contribution in [-0.4, -0.2) is 19.6 Å². The normalized spacial score (nSPS) is 10.7. The first-order valence-electron chi connectivity index (χ1n) is 7.31. The number of carbonyl (C=O) groups is 1. The van der Waals surface area contributed by atoms with Gasteiger partial charge in [-0.2, -0.15) is 0 Å². The second-order valence-electron chi connectivity index (χ2n) is 5.48. The van der Waals surface area contributed by atoms with Crippen LogP contribution in [0, 0.1) is 5.92 Å². The lowest BCUT2D eigenvalue weighted by atomic mass is 10.2. The number of carbonyl (C=O) groups excluding carboxylic acids is 1. The maximum Gasteiger partial charge on any atom is 0.251 e. The van der Waals surface area contributed by atoms with E-state index >= 15 is 0 Å². The molecule has 4 nitrogen and oxygen atoms in total. The number of rotatable bonds is 7. The summed E-state index contributed by atoms with van der Waals surface area (Å²) in [5, 5.41) is 4.90. The summed E-state index contributed by atoms with van der Waals surface area (Å²) in [6, 6.07) is 7.22. The molecule has 0 atom stereocenters. The summed E-state index contributed by atoms with van der Waals surface area (Å²) in [6.07, 6.45) is 0. The molecule has 0 spiro atoms. The maximum absolute atomic E-state index is 12.3. The molecule has 0 fully saturated rings. The van der Waals surface area contributed by atoms with Gasteiger partial charge in [-0.15, -0.1) is 11.3 Å². The van der Waals surface area contributed by atoms with E-state index in [0.29, 0.717) is 36.1 Å². The van der Waals surface area contributed by atoms with Crippen molar-refractivity contribution in [1.82, 2.24) is 5.32 Å². The first-order chi connectivity index (χ1) is 11.0. The fourth-order valence-electron chi connectivity index (χ4n) is 1.90. The van der Waals surface area contributed by atoms with E-state index in [9.17, 15) is 4.79 Å². The number of hydrogen-bond acceptors (Lipinski definition) is 4. The molecular weight excluding hydrogens is 378 g/mol. The van der Waals surface area contributed by atoms with Crippen molar-refractivity contribution in [3.8, 4) is 11.5 Å². The summed E-state index contributed by atoms with van der Waals surface area (Å²) >= 11 is 5.00. The van der Waals surface area contributed by atoms with Crippen molar-refractivity contribution in [2.75, 3.05) is 13.7 Å². The molecule has 2 aromatic rings. The second-order valence-corrected chi connectivity index (χ2v) is 7.40. The summed E-state index contributed by atoms with van der Waals surface area (Å²) in [5.74, 6) is 1.51. The Morgan fingerprint density at radius 2 is 2.09 bits per heavy atom. The van der Waals surface area contributed by atoms with Crippen LogP contribution in [0.3, 0.4) is 0 Å². The minimum Gasteiger partial charge on any atom is -0.493 e. The molecule has 6 heteroatoms. The number of amides is 1. The summed E-state index contributed by atoms with van der Waals surface area (Å²) < 4.78 is 12.0. The minimum atomic E-state index is -0.136. The number of ether oxygens (including phenoxy) is 2. The SMILES string of the molecule is COc1cc(C(=O)NCc2cc(Br)cs2)ccc1OCC(C)C. The van der Waals surface area contributed by atoms with Gasteiger partial charge in [-0.05, 0) is 46.1 Å². The molecule has 23 heavy (non-hydrogen) atoms. The van der Waals surface area contributed by atoms with Crippen molar-refractivity contribution in [3.05, 3.63) is 44.6 Å². The Morgan fingerprint density at radius 1 is 1.30 bits per heavy atom. The third-order valence-electron chi connectivity index (χ3n) is 3.04. The van der Waals surface area contributed by atoms with Crippen molar-refractivity contribution in [2.24, 2.45) is 5.92 Å². The Labute approximate surface area is 148 Å². The number of nitrogens with one attached hydrogen (secondary N) is 1. The third-order valence-corrected chi connectivity index (χ3v) is 4.74. The quantitative estimate of drug-likeness (QED) is 0.748. The van der Waals surface area contributed by atoms with E-state index in [4.69, 9.17) is 9.47 Å². The zero-order valence-corrected chi connectivity index (χ0v) is 15.8. The predicted octanol–water partition coefficient (Wildman–Crippen LogP) is 4.48. The molecule has 1 amide bonds. The Balaban J connectivity index is 2.02. The van der Waals surface area contributed by atoms with Crippen molar-refractivity contribution in [3.63, 3.8) is 0 Å². The van der Waals surface area contributed by atoms with Crippen LogP contribution in [0.25, 0.3) is 0 Å². The van der Waals surface area contributed by atoms with E-state index in [-0.39, 0.29) is 5.91 Å². The molecule has 0 saturated heterocycles. The van der Waals surface area contributed by atoms with E-state index in [1.165, 1.54) is 0 Å². The first kappa shape index (κ1) is 17.8. The van der Waals surface area contributed by atoms with Crippen LogP contribution in [0.5, 0.6) is 11.5 Å². The van der Waals surface area contributed by atoms with Crippen molar-refractivity contribution in [2.45, 2.75) is 20.4 Å². The Morgan fingerprint density at radius 3 is 2.70 bits per heavy atom. The van der Waals surface area contributed by atoms with Gasteiger partial charge in [0, 0.05) is 20.3 Å². The van der Waals surface area contributed by atoms with Gasteiger partial charge < -0.3 is 14.8 Å². The number of thiophene rings is 1. The van der Waals surface area contributed by atoms with Gasteiger partial charge in [0.05, 0.1) is 20.3 Å². The summed E-state index contributed by atoms with van der Waals surface area (Å²) in [4.78, 5) is 13.3. The first-order valence-corrected chi connectivity index (χ1v) is 8.98. The lowest BCUT2D eigenvalue weighted by molar-refractivity contribution is 0.0951. The summed E-state index contributed by atoms with van der Waals surface area (Å²) in [7, 11) is 1.57. The molecule has 2 rings (SSSR count). The number of hydrogen-bond donors (Lipinski definition) is 1. The van der Waals surface area contributed by atoms with Gasteiger partial charge in [0.2, 0.25) is 0 Å². The average molecular weight is 398 g/mol. The molecular formula is C17H20BrNO3S. The van der Waals surface area contributed by atoms with Crippen molar-refractivity contribution in [1.29, 1.82) is 0 Å². The molecule has 1 aromatic heterocycles. The van der Waals surface area contributed by atoms with Gasteiger partial charge in [0.15, 0.2) is 11.5 Å². The van der Waals surface area contributed by atoms with Gasteiger partial charge >= 0.3 is 0 Å². The summed E-state index contributed by atoms with van der Waals surface area (Å²) in [6.45, 7) is 5.27. The van der Waals surface area contributed by atoms with Gasteiger partial charge in [0.1, 0.15) is 0 Å². The van der Waals surface area contributed by atoms with E-state index in [2.05, 4.69) is 35.1 Å². The Kier molecular flexibility index (Phi) is 6.47. The average Bonchev–Trinajstić information content (AvgIpc) is 2.95. The van der Waals surface area contributed by atoms with Crippen LogP contribution >= 0.6 is 27.3 Å². The minimum absolute atomic E-state index is 0.136. The highest BCUT2D eigenvalue weighted by molar-refractivity contribution is 9.10. The maximum atomic E-state index is 12.3. The fraction of sp³-hybridized carbons (Fsp3) is 0.353. The van der Waals surface area contributed by atoms with Gasteiger partial charge in [0.25, 0.3) is 5.91 Å². The molecule has 0 unspecified atom stereocenters. The molecule has 0 saturated carbocycles. The predicted molar refractivity (Wildman–Crippen MR) is 96.5 cm³/mol. The van der Waals surface area contributed by atoms with Crippen LogP contribution in [-0.2, 0) is 6.54 Å². The topological polar surface area (TPSA) is 47.6 Å². The molecule has 0 bridgehead atoms. The van der Waals surface area contributed by atoms with Gasteiger partial charge in [-0.1, -0.05) is 13.8 Å². The smallest absolute Gasteiger partial charge is 0.251 e. The van der Waals surface area contributed by atoms with E-state index in [1.54, 1.807) is 36.6 Å². The van der Waals surface area contributed by atoms with E-state index in [0.717, 1.165) is 9.35 Å². The molecule has 124 valence electrons. The van der Waals surface area contributed by atoms with Crippen LogP contribution in [0.1, 0.15) is 29.1 Å². The van der Waals surface area contributed by atoms with Crippen LogP contribution in [0.2, 0.25) is 0 Å². The Hall–Kier alpha value is -1.53. The molecule has 0 aliphatic rings. The zero-order valence-electron chi connectivity index (χ0n) is 13.4. The second kappa shape index (κ2) is 8.36. The lowest BCUT2D eigenvalue weighted by Gasteiger charge is -2.13. The third kappa shape index (κ3) is 5.25. The van der Waals surface area contributed by atoms with Crippen molar-refractivity contribution < 1.29 is 14.3 Å². The highest BCUT2D eigenvalue weighted by atomic mass is 79.9. The molecule has 0 aliphatic carbocycles. The van der Waals surface area contributed by atoms with Crippen LogP contribution in [0.15, 0.2) is 34.1 Å². The number of halogens is 1. The fourth-order valence-corrected chi connectivity index (χ4v) is 3.29. The van der Waals surface area contributed by atoms with E-state index in [1.807, 2.05) is 11.4 Å². The molecule has 1 aromatic carbocycles. The summed E-state index contributed by atoms with van der Waals surface area (Å²) in [5.41, 5.74) is 0.550. The highest BCUT2D eigenvalue weighted by Gasteiger charge is 2.12. The van der Waals surface area contributed by atoms with E-state index < -0.39 is 0 Å². The molecule has 1 N–H and O–H groups in total. The Bertz CT molecular complexity index is 670. The van der Waals surface area contributed by atoms with Gasteiger partial charge in [-0.3, -0.25) is 4.79 Å². The van der Waals surface area contributed by atoms with Crippen LogP contribution in [0.4, 0.5) is 0 Å². The largest absolute Gasteiger partial charge is 0.493 e. The van der Waals surface area contributed by atoms with Crippen LogP contribution < -0.4 is 14.8 Å². The molecule has 0 radical (unpaired) electrons. The number of methoxy groups -OCH3 is 1. The monoisotopic (exact) mass is 397 g/mol. The zero-order chi connectivity index (χ0) is 16.8. The lowest BCUT2D eigenvalue weighted by Crippen LogP contribution is -2.22. The van der Waals surface area contributed by atoms with Crippen molar-refractivity contribution >= 4 is 33.2 Å². The molecule has 0 aliphatic heterocycles. The molecule has 1 heterocycles. The van der Waals surface area contributed by atoms with Gasteiger partial charge in [-0.25, -0.2) is 0 Å². The standard InChI is InChI=1S/C17H20BrNO3S/c1-11(2)9-22-15-5-4-12(6-16(15)21-3)17(20)19-8-14-7-13(18)10-23-14/h4-7,10-11H,8-9H2,1-3H3,(H,19,20).